The molecule has 0 N–H and O–H groups in total. The molecule has 0 aliphatic carbocycles. The van der Waals surface area contributed by atoms with E-state index in [4.69, 9.17) is 57.5 Å². The Hall–Kier alpha value is -19.8. The van der Waals surface area contributed by atoms with Crippen LogP contribution in [0, 0.1) is 0 Å². The Labute approximate surface area is 836 Å². The van der Waals surface area contributed by atoms with E-state index in [1.54, 1.807) is 0 Å². The molecule has 146 heavy (non-hydrogen) atoms. The Morgan fingerprint density at radius 3 is 0.870 bits per heavy atom. The Morgan fingerprint density at radius 1 is 0.137 bits per heavy atom. The number of fused-ring (bicyclic) bond motifs is 18. The third-order valence-electron chi connectivity index (χ3n) is 28.2. The highest BCUT2D eigenvalue weighted by Gasteiger charge is 2.24. The van der Waals surface area contributed by atoms with Gasteiger partial charge < -0.3 is 17.7 Å². The van der Waals surface area contributed by atoms with Gasteiger partial charge in [0.15, 0.2) is 11.6 Å². The fraction of sp³-hybridized carbons (Fsp3) is 0. The summed E-state index contributed by atoms with van der Waals surface area (Å²) in [6, 6.07) is 165. The molecule has 0 aliphatic rings. The summed E-state index contributed by atoms with van der Waals surface area (Å²) >= 11 is 0. The molecule has 0 spiro atoms. The highest BCUT2D eigenvalue weighted by atomic mass is 16.3. The van der Waals surface area contributed by atoms with Crippen molar-refractivity contribution in [1.82, 2.24) is 39.9 Å². The van der Waals surface area contributed by atoms with Gasteiger partial charge in [-0.15, -0.1) is 0 Å². The summed E-state index contributed by atoms with van der Waals surface area (Å²) in [6.45, 7) is 0. The van der Waals surface area contributed by atoms with Gasteiger partial charge in [0.05, 0.1) is 56.2 Å². The molecule has 0 saturated heterocycles. The molecule has 12 heteroatoms. The Balaban J connectivity index is 0.000000142. The molecule has 12 nitrogen and oxygen atoms in total. The summed E-state index contributed by atoms with van der Waals surface area (Å²) in [6.07, 6.45) is 3.65. The maximum absolute atomic E-state index is 6.54. The van der Waals surface area contributed by atoms with Crippen LogP contribution in [0.1, 0.15) is 0 Å². The highest BCUT2D eigenvalue weighted by molar-refractivity contribution is 6.13. The second-order valence-electron chi connectivity index (χ2n) is 37.2. The van der Waals surface area contributed by atoms with Crippen LogP contribution >= 0.6 is 0 Å². The predicted molar refractivity (Wildman–Crippen MR) is 596 cm³/mol. The Morgan fingerprint density at radius 2 is 0.425 bits per heavy atom. The van der Waals surface area contributed by atoms with E-state index in [0.29, 0.717) is 17.3 Å². The Bertz CT molecular complexity index is 9970. The fourth-order valence-corrected chi connectivity index (χ4v) is 20.9. The second-order valence-corrected chi connectivity index (χ2v) is 37.2. The standard InChI is InChI=1S/C70H42N4O2.C64H38N4O2/c1-2-11-47(12-3-1)70-73-62(44-24-22-43(23-25-44)61-31-28-46-27-26-45-17-10-34-71-68(45)69(46)72-61)42-63(74-70)56-38-54(50-15-8-13-48(35-50)52-29-32-66-59(40-52)57-18-4-6-20-64(57)75-66)37-55(39-56)51-16-9-14-49(36-51)53-30-33-67-60(41-53)58-19-5-7-21-65(58)76-67;1-2-13-41(14-3-1)64-67-56(38-57(68-64)55-31-30-40-29-28-39-19-12-32-65-60(39)61(40)66-55)48-36-46(42-15-8-17-44(33-42)49-22-10-24-53-51-20-4-6-26-58(51)69-62(49)53)35-47(37-48)43-16-9-18-45(34-43)50-23-11-25-54-52-21-5-7-27-59(52)70-63(50)54/h1-42H;1-38H. The van der Waals surface area contributed by atoms with Crippen LogP contribution in [0.2, 0.25) is 0 Å². The molecule has 680 valence electrons. The third kappa shape index (κ3) is 15.4. The van der Waals surface area contributed by atoms with Gasteiger partial charge in [-0.2, -0.15) is 0 Å². The zero-order valence-corrected chi connectivity index (χ0v) is 78.4. The van der Waals surface area contributed by atoms with Gasteiger partial charge in [0.2, 0.25) is 0 Å². The first kappa shape index (κ1) is 84.3. The molecule has 0 aliphatic heterocycles. The smallest absolute Gasteiger partial charge is 0.160 e. The van der Waals surface area contributed by atoms with Crippen molar-refractivity contribution in [2.45, 2.75) is 0 Å². The second kappa shape index (κ2) is 35.2. The molecule has 19 aromatic carbocycles. The van der Waals surface area contributed by atoms with Crippen molar-refractivity contribution < 1.29 is 17.7 Å². The van der Waals surface area contributed by atoms with E-state index < -0.39 is 0 Å². The van der Waals surface area contributed by atoms with Gasteiger partial charge >= 0.3 is 0 Å². The molecule has 0 bridgehead atoms. The van der Waals surface area contributed by atoms with E-state index in [9.17, 15) is 0 Å². The van der Waals surface area contributed by atoms with Gasteiger partial charge in [-0.3, -0.25) is 9.97 Å². The molecule has 0 atom stereocenters. The van der Waals surface area contributed by atoms with Crippen molar-refractivity contribution in [2.75, 3.05) is 0 Å². The minimum Gasteiger partial charge on any atom is -0.456 e. The van der Waals surface area contributed by atoms with Crippen molar-refractivity contribution in [1.29, 1.82) is 0 Å². The maximum atomic E-state index is 6.54. The average molecular weight is 1870 g/mol. The summed E-state index contributed by atoms with van der Waals surface area (Å²) in [5.74, 6) is 1.26. The van der Waals surface area contributed by atoms with Crippen LogP contribution in [0.25, 0.3) is 300 Å². The lowest BCUT2D eigenvalue weighted by Crippen LogP contribution is -1.98. The SMILES string of the molecule is c1ccc(-c2nc(-c3cc(-c4cccc(-c5cccc6c5oc5ccccc56)c4)cc(-c4cccc(-c5cccc6c5oc5ccccc56)c4)c3)cc(-c3ccc4ccc5cccnc5c4n3)n2)cc1.c1ccc(-c2nc(-c3ccc(-c4ccc5ccc6cccnc6c5n4)cc3)cc(-c3cc(-c4cccc(-c5ccc6oc7ccccc7c6c5)c4)cc(-c4cccc(-c5ccc6oc7ccccc7c6c5)c4)c3)n2)cc1. The molecule has 29 aromatic rings. The van der Waals surface area contributed by atoms with Crippen LogP contribution in [0.5, 0.6) is 0 Å². The highest BCUT2D eigenvalue weighted by Crippen LogP contribution is 2.46. The number of pyridine rings is 4. The van der Waals surface area contributed by atoms with Crippen molar-refractivity contribution in [3.8, 4) is 168 Å². The topological polar surface area (TPSA) is 156 Å². The van der Waals surface area contributed by atoms with Gasteiger partial charge in [-0.05, 0) is 223 Å². The molecule has 0 unspecified atom stereocenters. The van der Waals surface area contributed by atoms with Gasteiger partial charge in [0.25, 0.3) is 0 Å². The number of furan rings is 4. The van der Waals surface area contributed by atoms with Gasteiger partial charge in [0.1, 0.15) is 44.7 Å². The summed E-state index contributed by atoms with van der Waals surface area (Å²) in [7, 11) is 0. The number of hydrogen-bond acceptors (Lipinski definition) is 12. The van der Waals surface area contributed by atoms with Crippen LogP contribution in [0.4, 0.5) is 0 Å². The van der Waals surface area contributed by atoms with E-state index in [-0.39, 0.29) is 0 Å². The van der Waals surface area contributed by atoms with Crippen LogP contribution < -0.4 is 0 Å². The van der Waals surface area contributed by atoms with Gasteiger partial charge in [-0.25, -0.2) is 29.9 Å². The Kier molecular flexibility index (Phi) is 20.3. The summed E-state index contributed by atoms with van der Waals surface area (Å²) in [5.41, 5.74) is 38.2. The first-order valence-electron chi connectivity index (χ1n) is 48.9. The zero-order valence-electron chi connectivity index (χ0n) is 78.4. The van der Waals surface area contributed by atoms with Crippen molar-refractivity contribution in [3.05, 3.63) is 486 Å². The van der Waals surface area contributed by atoms with Gasteiger partial charge in [0, 0.05) is 122 Å². The van der Waals surface area contributed by atoms with Crippen LogP contribution in [-0.2, 0) is 0 Å². The van der Waals surface area contributed by atoms with Gasteiger partial charge in [-0.1, -0.05) is 328 Å². The van der Waals surface area contributed by atoms with Crippen LogP contribution in [0.3, 0.4) is 0 Å². The van der Waals surface area contributed by atoms with E-state index in [1.165, 1.54) is 0 Å². The number of aromatic nitrogens is 8. The molecule has 29 rings (SSSR count). The monoisotopic (exact) mass is 1860 g/mol. The maximum Gasteiger partial charge on any atom is 0.160 e. The van der Waals surface area contributed by atoms with Crippen molar-refractivity contribution in [2.24, 2.45) is 0 Å². The average Bonchev–Trinajstić information content (AvgIpc) is 1.51. The fourth-order valence-electron chi connectivity index (χ4n) is 20.9. The molecule has 10 aromatic heterocycles. The minimum atomic E-state index is 0.611. The molecular weight excluding hydrogens is 1790 g/mol. The van der Waals surface area contributed by atoms with Crippen molar-refractivity contribution in [3.63, 3.8) is 0 Å². The number of para-hydroxylation sites is 6. The van der Waals surface area contributed by atoms with E-state index in [0.717, 1.165) is 282 Å². The van der Waals surface area contributed by atoms with E-state index >= 15 is 0 Å². The lowest BCUT2D eigenvalue weighted by molar-refractivity contribution is 0.668. The molecular formula is C134H80N8O4. The number of rotatable bonds is 15. The molecule has 10 heterocycles. The number of hydrogen-bond donors (Lipinski definition) is 0. The third-order valence-corrected chi connectivity index (χ3v) is 28.2. The van der Waals surface area contributed by atoms with Crippen LogP contribution in [0.15, 0.2) is 503 Å². The van der Waals surface area contributed by atoms with E-state index in [2.05, 4.69) is 370 Å². The van der Waals surface area contributed by atoms with Crippen molar-refractivity contribution >= 4 is 131 Å². The molecule has 0 saturated carbocycles. The summed E-state index contributed by atoms with van der Waals surface area (Å²) in [4.78, 5) is 41.0. The molecule has 0 radical (unpaired) electrons. The molecule has 0 fully saturated rings. The normalized spacial score (nSPS) is 11.7. The zero-order chi connectivity index (χ0) is 96.2. The summed E-state index contributed by atoms with van der Waals surface area (Å²) in [5, 5.41) is 13.0. The lowest BCUT2D eigenvalue weighted by Gasteiger charge is -2.14. The van der Waals surface area contributed by atoms with Crippen LogP contribution in [-0.4, -0.2) is 39.9 Å². The molecule has 0 amide bonds. The summed E-state index contributed by atoms with van der Waals surface area (Å²) < 4.78 is 25.5. The minimum absolute atomic E-state index is 0.611. The predicted octanol–water partition coefficient (Wildman–Crippen LogP) is 35.7. The number of nitrogens with zero attached hydrogens (tertiary/aromatic N) is 8. The largest absolute Gasteiger partial charge is 0.456 e. The number of benzene rings is 19. The first-order valence-corrected chi connectivity index (χ1v) is 48.9. The lowest BCUT2D eigenvalue weighted by atomic mass is 9.91. The first-order chi connectivity index (χ1) is 72.2. The van der Waals surface area contributed by atoms with E-state index in [1.807, 2.05) is 116 Å². The quantitative estimate of drug-likeness (QED) is 0.0897.